The summed E-state index contributed by atoms with van der Waals surface area (Å²) in [7, 11) is 0. The number of hydrogen-bond donors (Lipinski definition) is 2. The van der Waals surface area contributed by atoms with Crippen molar-refractivity contribution in [2.75, 3.05) is 63.2 Å². The summed E-state index contributed by atoms with van der Waals surface area (Å²) in [6, 6.07) is 13.7. The number of carbonyl (C=O) groups excluding carboxylic acids is 4. The van der Waals surface area contributed by atoms with E-state index in [-0.39, 0.29) is 36.5 Å². The summed E-state index contributed by atoms with van der Waals surface area (Å²) in [6.45, 7) is 4.28. The molecule has 2 heterocycles. The van der Waals surface area contributed by atoms with Gasteiger partial charge in [0.25, 0.3) is 11.8 Å². The summed E-state index contributed by atoms with van der Waals surface area (Å²) in [5, 5.41) is 5.60. The number of benzene rings is 2. The van der Waals surface area contributed by atoms with Crippen molar-refractivity contribution in [3.8, 4) is 0 Å². The van der Waals surface area contributed by atoms with Crippen molar-refractivity contribution in [1.82, 2.24) is 9.80 Å². The van der Waals surface area contributed by atoms with Crippen LogP contribution in [0.25, 0.3) is 0 Å². The van der Waals surface area contributed by atoms with Crippen molar-refractivity contribution in [2.45, 2.75) is 19.3 Å². The molecule has 10 nitrogen and oxygen atoms in total. The van der Waals surface area contributed by atoms with E-state index in [1.54, 1.807) is 58.3 Å². The van der Waals surface area contributed by atoms with Gasteiger partial charge in [-0.1, -0.05) is 12.1 Å². The van der Waals surface area contributed by atoms with E-state index in [0.717, 1.165) is 0 Å². The van der Waals surface area contributed by atoms with E-state index < -0.39 is 0 Å². The first-order valence-electron chi connectivity index (χ1n) is 12.5. The lowest BCUT2D eigenvalue weighted by atomic mass is 10.1. The highest BCUT2D eigenvalue weighted by molar-refractivity contribution is 5.98. The molecule has 0 saturated carbocycles. The molecule has 0 spiro atoms. The second-order valence-electron chi connectivity index (χ2n) is 8.92. The Morgan fingerprint density at radius 1 is 0.649 bits per heavy atom. The third-order valence-corrected chi connectivity index (χ3v) is 6.19. The number of hydrogen-bond acceptors (Lipinski definition) is 6. The Morgan fingerprint density at radius 2 is 1.05 bits per heavy atom. The summed E-state index contributed by atoms with van der Waals surface area (Å²) >= 11 is 0. The lowest BCUT2D eigenvalue weighted by Gasteiger charge is -2.27. The number of ether oxygens (including phenoxy) is 2. The van der Waals surface area contributed by atoms with Crippen LogP contribution < -0.4 is 10.6 Å². The fourth-order valence-corrected chi connectivity index (χ4v) is 4.21. The van der Waals surface area contributed by atoms with Crippen LogP contribution in [0.4, 0.5) is 11.4 Å². The summed E-state index contributed by atoms with van der Waals surface area (Å²) < 4.78 is 10.6. The molecule has 2 aliphatic heterocycles. The molecule has 0 atom stereocenters. The van der Waals surface area contributed by atoms with Crippen LogP contribution in [-0.4, -0.2) is 86.0 Å². The molecule has 0 radical (unpaired) electrons. The minimum atomic E-state index is -0.234. The minimum Gasteiger partial charge on any atom is -0.378 e. The van der Waals surface area contributed by atoms with Crippen molar-refractivity contribution in [1.29, 1.82) is 0 Å². The Balaban J connectivity index is 1.21. The number of nitrogens with zero attached hydrogens (tertiary/aromatic N) is 2. The quantitative estimate of drug-likeness (QED) is 0.566. The van der Waals surface area contributed by atoms with Gasteiger partial charge in [0.15, 0.2) is 0 Å². The van der Waals surface area contributed by atoms with Crippen molar-refractivity contribution < 1.29 is 28.7 Å². The van der Waals surface area contributed by atoms with E-state index in [1.807, 2.05) is 0 Å². The standard InChI is InChI=1S/C27H32N4O6/c32-24(28-22-6-1-4-20(18-22)26(34)30-10-14-36-15-11-30)8-3-9-25(33)29-23-7-2-5-21(19-23)27(35)31-12-16-37-17-13-31/h1-2,4-7,18-19H,3,8-17H2,(H,28,32)(H,29,33). The smallest absolute Gasteiger partial charge is 0.254 e. The Morgan fingerprint density at radius 3 is 1.46 bits per heavy atom. The van der Waals surface area contributed by atoms with E-state index in [4.69, 9.17) is 9.47 Å². The van der Waals surface area contributed by atoms with Crippen LogP contribution in [-0.2, 0) is 19.1 Å². The molecule has 2 saturated heterocycles. The molecule has 2 fully saturated rings. The van der Waals surface area contributed by atoms with Crippen LogP contribution in [0.15, 0.2) is 48.5 Å². The normalized spacial score (nSPS) is 15.7. The molecule has 0 aliphatic carbocycles. The number of amides is 4. The molecular weight excluding hydrogens is 476 g/mol. The first-order chi connectivity index (χ1) is 18.0. The molecule has 0 unspecified atom stereocenters. The molecule has 2 N–H and O–H groups in total. The summed E-state index contributed by atoms with van der Waals surface area (Å²) in [5.74, 6) is -0.651. The van der Waals surface area contributed by atoms with Crippen molar-refractivity contribution >= 4 is 35.0 Å². The molecule has 37 heavy (non-hydrogen) atoms. The van der Waals surface area contributed by atoms with Gasteiger partial charge in [-0.15, -0.1) is 0 Å². The SMILES string of the molecule is O=C(CCCC(=O)Nc1cccc(C(=O)N2CCOCC2)c1)Nc1cccc(C(=O)N2CCOCC2)c1. The van der Waals surface area contributed by atoms with Crippen molar-refractivity contribution in [2.24, 2.45) is 0 Å². The molecular formula is C27H32N4O6. The van der Waals surface area contributed by atoms with E-state index in [2.05, 4.69) is 10.6 Å². The zero-order chi connectivity index (χ0) is 26.0. The summed E-state index contributed by atoms with van der Waals surface area (Å²) in [4.78, 5) is 53.6. The molecule has 2 aromatic rings. The maximum atomic E-state index is 12.7. The molecule has 196 valence electrons. The number of anilines is 2. The molecule has 2 aliphatic rings. The van der Waals surface area contributed by atoms with Gasteiger partial charge in [-0.05, 0) is 42.8 Å². The van der Waals surface area contributed by atoms with Crippen LogP contribution >= 0.6 is 0 Å². The van der Waals surface area contributed by atoms with Crippen LogP contribution in [0, 0.1) is 0 Å². The van der Waals surface area contributed by atoms with Gasteiger partial charge in [0, 0.05) is 61.5 Å². The van der Waals surface area contributed by atoms with Gasteiger partial charge in [-0.25, -0.2) is 0 Å². The number of rotatable bonds is 8. The highest BCUT2D eigenvalue weighted by atomic mass is 16.5. The van der Waals surface area contributed by atoms with Gasteiger partial charge in [0.2, 0.25) is 11.8 Å². The predicted molar refractivity (Wildman–Crippen MR) is 137 cm³/mol. The molecule has 10 heteroatoms. The van der Waals surface area contributed by atoms with Gasteiger partial charge >= 0.3 is 0 Å². The van der Waals surface area contributed by atoms with Crippen molar-refractivity contribution in [3.63, 3.8) is 0 Å². The zero-order valence-corrected chi connectivity index (χ0v) is 20.7. The third kappa shape index (κ3) is 7.61. The average molecular weight is 509 g/mol. The largest absolute Gasteiger partial charge is 0.378 e. The maximum absolute atomic E-state index is 12.7. The van der Waals surface area contributed by atoms with Crippen LogP contribution in [0.3, 0.4) is 0 Å². The first-order valence-corrected chi connectivity index (χ1v) is 12.5. The van der Waals surface area contributed by atoms with Crippen LogP contribution in [0.5, 0.6) is 0 Å². The summed E-state index contributed by atoms with van der Waals surface area (Å²) in [5.41, 5.74) is 2.09. The monoisotopic (exact) mass is 508 g/mol. The number of carbonyl (C=O) groups is 4. The molecule has 2 aromatic carbocycles. The van der Waals surface area contributed by atoms with Gasteiger partial charge in [-0.3, -0.25) is 19.2 Å². The van der Waals surface area contributed by atoms with Crippen LogP contribution in [0.1, 0.15) is 40.0 Å². The molecule has 4 amide bonds. The van der Waals surface area contributed by atoms with Crippen molar-refractivity contribution in [3.05, 3.63) is 59.7 Å². The highest BCUT2D eigenvalue weighted by Crippen LogP contribution is 2.16. The number of nitrogens with one attached hydrogen (secondary N) is 2. The van der Waals surface area contributed by atoms with Gasteiger partial charge in [-0.2, -0.15) is 0 Å². The number of morpholine rings is 2. The maximum Gasteiger partial charge on any atom is 0.254 e. The Hall–Kier alpha value is -3.76. The fraction of sp³-hybridized carbons (Fsp3) is 0.407. The topological polar surface area (TPSA) is 117 Å². The van der Waals surface area contributed by atoms with Gasteiger partial charge < -0.3 is 29.9 Å². The van der Waals surface area contributed by atoms with Gasteiger partial charge in [0.1, 0.15) is 0 Å². The van der Waals surface area contributed by atoms with E-state index in [0.29, 0.717) is 81.5 Å². The Kier molecular flexibility index (Phi) is 9.23. The lowest BCUT2D eigenvalue weighted by molar-refractivity contribution is -0.117. The Bertz CT molecular complexity index is 1040. The van der Waals surface area contributed by atoms with E-state index in [1.165, 1.54) is 0 Å². The second kappa shape index (κ2) is 13.0. The lowest BCUT2D eigenvalue weighted by Crippen LogP contribution is -2.40. The first kappa shape index (κ1) is 26.3. The third-order valence-electron chi connectivity index (χ3n) is 6.19. The minimum absolute atomic E-state index is 0.0909. The fourth-order valence-electron chi connectivity index (χ4n) is 4.21. The molecule has 4 rings (SSSR count). The average Bonchev–Trinajstić information content (AvgIpc) is 2.93. The van der Waals surface area contributed by atoms with Gasteiger partial charge in [0.05, 0.1) is 26.4 Å². The molecule has 0 aromatic heterocycles. The zero-order valence-electron chi connectivity index (χ0n) is 20.7. The highest BCUT2D eigenvalue weighted by Gasteiger charge is 2.20. The summed E-state index contributed by atoms with van der Waals surface area (Å²) in [6.07, 6.45) is 0.672. The van der Waals surface area contributed by atoms with E-state index in [9.17, 15) is 19.2 Å². The van der Waals surface area contributed by atoms with Crippen LogP contribution in [0.2, 0.25) is 0 Å². The molecule has 0 bridgehead atoms. The van der Waals surface area contributed by atoms with E-state index >= 15 is 0 Å². The predicted octanol–water partition coefficient (Wildman–Crippen LogP) is 2.38. The Labute approximate surface area is 215 Å². The second-order valence-corrected chi connectivity index (χ2v) is 8.92.